The van der Waals surface area contributed by atoms with Gasteiger partial charge in [0, 0.05) is 24.2 Å². The van der Waals surface area contributed by atoms with Gasteiger partial charge in [-0.1, -0.05) is 37.3 Å². The Kier molecular flexibility index (Phi) is 5.69. The van der Waals surface area contributed by atoms with Gasteiger partial charge in [0.1, 0.15) is 6.33 Å². The van der Waals surface area contributed by atoms with Gasteiger partial charge in [0.25, 0.3) is 0 Å². The van der Waals surface area contributed by atoms with E-state index >= 15 is 0 Å². The van der Waals surface area contributed by atoms with Crippen LogP contribution >= 0.6 is 0 Å². The van der Waals surface area contributed by atoms with Crippen LogP contribution in [0.5, 0.6) is 5.88 Å². The summed E-state index contributed by atoms with van der Waals surface area (Å²) in [7, 11) is 0. The molecule has 0 radical (unpaired) electrons. The van der Waals surface area contributed by atoms with Gasteiger partial charge in [-0.25, -0.2) is 9.97 Å². The Labute approximate surface area is 126 Å². The molecule has 0 amide bonds. The van der Waals surface area contributed by atoms with Crippen molar-refractivity contribution in [2.75, 3.05) is 6.54 Å². The van der Waals surface area contributed by atoms with Gasteiger partial charge in [-0.05, 0) is 26.0 Å². The number of nitrogens with one attached hydrogen (secondary N) is 1. The third kappa shape index (κ3) is 4.83. The van der Waals surface area contributed by atoms with Crippen molar-refractivity contribution < 1.29 is 4.74 Å². The van der Waals surface area contributed by atoms with Crippen molar-refractivity contribution in [3.05, 3.63) is 54.0 Å². The molecule has 0 saturated carbocycles. The molecule has 2 rings (SSSR count). The van der Waals surface area contributed by atoms with Gasteiger partial charge in [0.05, 0.1) is 6.10 Å². The Bertz CT molecular complexity index is 543. The first-order valence-electron chi connectivity index (χ1n) is 7.45. The highest BCUT2D eigenvalue weighted by Gasteiger charge is 2.12. The van der Waals surface area contributed by atoms with Crippen LogP contribution in [0.1, 0.15) is 38.1 Å². The second kappa shape index (κ2) is 7.74. The van der Waals surface area contributed by atoms with Crippen molar-refractivity contribution >= 4 is 0 Å². The third-order valence-electron chi connectivity index (χ3n) is 3.12. The SMILES string of the molecule is CCNC(Cc1cc(OC(C)C)ncn1)c1ccccc1. The molecular weight excluding hydrogens is 262 g/mol. The van der Waals surface area contributed by atoms with Crippen LogP contribution in [0.3, 0.4) is 0 Å². The van der Waals surface area contributed by atoms with Gasteiger partial charge < -0.3 is 10.1 Å². The monoisotopic (exact) mass is 285 g/mol. The van der Waals surface area contributed by atoms with Gasteiger partial charge in [0.15, 0.2) is 0 Å². The average molecular weight is 285 g/mol. The summed E-state index contributed by atoms with van der Waals surface area (Å²) in [5.41, 5.74) is 2.25. The van der Waals surface area contributed by atoms with Crippen LogP contribution in [0, 0.1) is 0 Å². The molecule has 1 N–H and O–H groups in total. The molecule has 1 aromatic heterocycles. The first-order chi connectivity index (χ1) is 10.2. The molecule has 2 aromatic rings. The molecule has 4 nitrogen and oxygen atoms in total. The van der Waals surface area contributed by atoms with Gasteiger partial charge in [-0.15, -0.1) is 0 Å². The second-order valence-electron chi connectivity index (χ2n) is 5.24. The maximum Gasteiger partial charge on any atom is 0.216 e. The second-order valence-corrected chi connectivity index (χ2v) is 5.24. The van der Waals surface area contributed by atoms with Gasteiger partial charge in [-0.2, -0.15) is 0 Å². The maximum atomic E-state index is 5.63. The fourth-order valence-corrected chi connectivity index (χ4v) is 2.24. The van der Waals surface area contributed by atoms with Crippen molar-refractivity contribution in [2.24, 2.45) is 0 Å². The molecule has 0 aliphatic carbocycles. The van der Waals surface area contributed by atoms with Crippen molar-refractivity contribution in [3.63, 3.8) is 0 Å². The number of nitrogens with zero attached hydrogens (tertiary/aromatic N) is 2. The molecule has 0 fully saturated rings. The van der Waals surface area contributed by atoms with E-state index in [4.69, 9.17) is 4.74 Å². The zero-order chi connectivity index (χ0) is 15.1. The minimum atomic E-state index is 0.117. The highest BCUT2D eigenvalue weighted by atomic mass is 16.5. The summed E-state index contributed by atoms with van der Waals surface area (Å²) in [6.45, 7) is 7.02. The lowest BCUT2D eigenvalue weighted by Gasteiger charge is -2.18. The lowest BCUT2D eigenvalue weighted by Crippen LogP contribution is -2.23. The van der Waals surface area contributed by atoms with Gasteiger partial charge in [0.2, 0.25) is 5.88 Å². The lowest BCUT2D eigenvalue weighted by molar-refractivity contribution is 0.232. The van der Waals surface area contributed by atoms with Crippen molar-refractivity contribution in [1.82, 2.24) is 15.3 Å². The van der Waals surface area contributed by atoms with Crippen LogP contribution in [-0.2, 0) is 6.42 Å². The highest BCUT2D eigenvalue weighted by Crippen LogP contribution is 2.19. The van der Waals surface area contributed by atoms with Crippen LogP contribution in [0.4, 0.5) is 0 Å². The summed E-state index contributed by atoms with van der Waals surface area (Å²) in [5, 5.41) is 3.51. The molecule has 21 heavy (non-hydrogen) atoms. The Morgan fingerprint density at radius 1 is 1.14 bits per heavy atom. The summed E-state index contributed by atoms with van der Waals surface area (Å²) < 4.78 is 5.63. The van der Waals surface area contributed by atoms with E-state index in [1.807, 2.05) is 26.0 Å². The van der Waals surface area contributed by atoms with Crippen LogP contribution in [0.25, 0.3) is 0 Å². The molecule has 1 aromatic carbocycles. The Morgan fingerprint density at radius 2 is 1.90 bits per heavy atom. The number of rotatable bonds is 7. The number of aromatic nitrogens is 2. The molecule has 0 spiro atoms. The Morgan fingerprint density at radius 3 is 2.57 bits per heavy atom. The predicted molar refractivity (Wildman–Crippen MR) is 84.4 cm³/mol. The standard InChI is InChI=1S/C17H23N3O/c1-4-18-16(14-8-6-5-7-9-14)10-15-11-17(20-12-19-15)21-13(2)3/h5-9,11-13,16,18H,4,10H2,1-3H3. The van der Waals surface area contributed by atoms with E-state index in [0.717, 1.165) is 18.7 Å². The van der Waals surface area contributed by atoms with Crippen molar-refractivity contribution in [3.8, 4) is 5.88 Å². The fourth-order valence-electron chi connectivity index (χ4n) is 2.24. The van der Waals surface area contributed by atoms with E-state index < -0.39 is 0 Å². The number of benzene rings is 1. The molecule has 112 valence electrons. The number of ether oxygens (including phenoxy) is 1. The van der Waals surface area contributed by atoms with E-state index in [0.29, 0.717) is 5.88 Å². The van der Waals surface area contributed by atoms with Crippen molar-refractivity contribution in [2.45, 2.75) is 39.3 Å². The van der Waals surface area contributed by atoms with Crippen LogP contribution in [0.15, 0.2) is 42.7 Å². The van der Waals surface area contributed by atoms with E-state index in [9.17, 15) is 0 Å². The molecule has 0 saturated heterocycles. The zero-order valence-electron chi connectivity index (χ0n) is 12.9. The topological polar surface area (TPSA) is 47.0 Å². The molecule has 1 heterocycles. The van der Waals surface area contributed by atoms with Gasteiger partial charge >= 0.3 is 0 Å². The van der Waals surface area contributed by atoms with E-state index in [-0.39, 0.29) is 12.1 Å². The fraction of sp³-hybridized carbons (Fsp3) is 0.412. The molecule has 0 aliphatic rings. The summed E-state index contributed by atoms with van der Waals surface area (Å²) in [6.07, 6.45) is 2.50. The molecule has 1 unspecified atom stereocenters. The Balaban J connectivity index is 2.13. The van der Waals surface area contributed by atoms with E-state index in [1.54, 1.807) is 6.33 Å². The molecular formula is C17H23N3O. The normalized spacial score (nSPS) is 12.4. The van der Waals surface area contributed by atoms with Crippen molar-refractivity contribution in [1.29, 1.82) is 0 Å². The first-order valence-corrected chi connectivity index (χ1v) is 7.45. The smallest absolute Gasteiger partial charge is 0.216 e. The number of likely N-dealkylation sites (N-methyl/N-ethyl adjacent to an activating group) is 1. The number of hydrogen-bond donors (Lipinski definition) is 1. The highest BCUT2D eigenvalue weighted by molar-refractivity contribution is 5.22. The minimum Gasteiger partial charge on any atom is -0.475 e. The van der Waals surface area contributed by atoms with Gasteiger partial charge in [-0.3, -0.25) is 0 Å². The third-order valence-corrected chi connectivity index (χ3v) is 3.12. The predicted octanol–water partition coefficient (Wildman–Crippen LogP) is 3.16. The summed E-state index contributed by atoms with van der Waals surface area (Å²) in [6, 6.07) is 12.6. The molecule has 4 heteroatoms. The first kappa shape index (κ1) is 15.4. The van der Waals surface area contributed by atoms with Crippen LogP contribution < -0.4 is 10.1 Å². The Hall–Kier alpha value is -1.94. The molecule has 0 bridgehead atoms. The summed E-state index contributed by atoms with van der Waals surface area (Å²) in [4.78, 5) is 8.51. The van der Waals surface area contributed by atoms with E-state index in [2.05, 4.69) is 46.5 Å². The average Bonchev–Trinajstić information content (AvgIpc) is 2.47. The lowest BCUT2D eigenvalue weighted by atomic mass is 10.0. The molecule has 1 atom stereocenters. The maximum absolute atomic E-state index is 5.63. The quantitative estimate of drug-likeness (QED) is 0.849. The number of hydrogen-bond acceptors (Lipinski definition) is 4. The van der Waals surface area contributed by atoms with E-state index in [1.165, 1.54) is 5.56 Å². The zero-order valence-corrected chi connectivity index (χ0v) is 12.9. The minimum absolute atomic E-state index is 0.117. The summed E-state index contributed by atoms with van der Waals surface area (Å²) in [5.74, 6) is 0.637. The van der Waals surface area contributed by atoms with Crippen LogP contribution in [-0.4, -0.2) is 22.6 Å². The largest absolute Gasteiger partial charge is 0.475 e. The summed E-state index contributed by atoms with van der Waals surface area (Å²) >= 11 is 0. The molecule has 0 aliphatic heterocycles. The van der Waals surface area contributed by atoms with Crippen LogP contribution in [0.2, 0.25) is 0 Å².